The van der Waals surface area contributed by atoms with Gasteiger partial charge in [0.25, 0.3) is 0 Å². The number of benzene rings is 2. The van der Waals surface area contributed by atoms with Crippen LogP contribution in [0.25, 0.3) is 0 Å². The Labute approximate surface area is 201 Å². The molecule has 8 nitrogen and oxygen atoms in total. The van der Waals surface area contributed by atoms with Crippen molar-refractivity contribution in [2.75, 3.05) is 53.4 Å². The Morgan fingerprint density at radius 1 is 1.09 bits per heavy atom. The highest BCUT2D eigenvalue weighted by molar-refractivity contribution is 6.00. The Bertz CT molecular complexity index is 981. The molecule has 2 unspecified atom stereocenters. The number of rotatable bonds is 10. The summed E-state index contributed by atoms with van der Waals surface area (Å²) in [6.07, 6.45) is 1.14. The highest BCUT2D eigenvalue weighted by atomic mass is 16.5. The SMILES string of the molecule is CCc1ccc(C(CNC(=O)C2CC(=O)N(c3cc(OC)c(OC)c(OC)c3)C2)N(C)C)cc1. The first-order valence-corrected chi connectivity index (χ1v) is 11.5. The van der Waals surface area contributed by atoms with E-state index >= 15 is 0 Å². The smallest absolute Gasteiger partial charge is 0.227 e. The normalized spacial score (nSPS) is 16.5. The highest BCUT2D eigenvalue weighted by Gasteiger charge is 2.36. The first kappa shape index (κ1) is 25.4. The van der Waals surface area contributed by atoms with Crippen LogP contribution >= 0.6 is 0 Å². The molecule has 1 aliphatic rings. The van der Waals surface area contributed by atoms with Crippen LogP contribution in [0, 0.1) is 5.92 Å². The molecule has 1 fully saturated rings. The van der Waals surface area contributed by atoms with Gasteiger partial charge in [0.2, 0.25) is 17.6 Å². The van der Waals surface area contributed by atoms with Crippen LogP contribution in [0.4, 0.5) is 5.69 Å². The second kappa shape index (κ2) is 11.2. The van der Waals surface area contributed by atoms with E-state index < -0.39 is 5.92 Å². The molecule has 2 aromatic carbocycles. The second-order valence-corrected chi connectivity index (χ2v) is 8.61. The van der Waals surface area contributed by atoms with Gasteiger partial charge in [0.05, 0.1) is 39.0 Å². The van der Waals surface area contributed by atoms with Gasteiger partial charge in [0.1, 0.15) is 0 Å². The van der Waals surface area contributed by atoms with Gasteiger partial charge >= 0.3 is 0 Å². The van der Waals surface area contributed by atoms with Gasteiger partial charge in [0, 0.05) is 31.6 Å². The molecule has 0 spiro atoms. The van der Waals surface area contributed by atoms with E-state index in [0.29, 0.717) is 36.0 Å². The quantitative estimate of drug-likeness (QED) is 0.576. The molecule has 1 heterocycles. The lowest BCUT2D eigenvalue weighted by molar-refractivity contribution is -0.126. The molecule has 3 rings (SSSR count). The van der Waals surface area contributed by atoms with E-state index in [4.69, 9.17) is 14.2 Å². The van der Waals surface area contributed by atoms with E-state index in [2.05, 4.69) is 41.4 Å². The molecule has 8 heteroatoms. The molecule has 0 bridgehead atoms. The van der Waals surface area contributed by atoms with Crippen molar-refractivity contribution in [3.05, 3.63) is 47.5 Å². The van der Waals surface area contributed by atoms with E-state index in [-0.39, 0.29) is 24.3 Å². The van der Waals surface area contributed by atoms with Crippen molar-refractivity contribution < 1.29 is 23.8 Å². The minimum atomic E-state index is -0.433. The van der Waals surface area contributed by atoms with Crippen molar-refractivity contribution >= 4 is 17.5 Å². The van der Waals surface area contributed by atoms with E-state index in [1.807, 2.05) is 14.1 Å². The minimum Gasteiger partial charge on any atom is -0.493 e. The maximum atomic E-state index is 13.0. The van der Waals surface area contributed by atoms with E-state index in [1.54, 1.807) is 17.0 Å². The van der Waals surface area contributed by atoms with Crippen LogP contribution in [0.3, 0.4) is 0 Å². The van der Waals surface area contributed by atoms with Gasteiger partial charge < -0.3 is 29.3 Å². The molecule has 0 aliphatic carbocycles. The van der Waals surface area contributed by atoms with Crippen molar-refractivity contribution in [1.82, 2.24) is 10.2 Å². The Kier molecular flexibility index (Phi) is 8.39. The summed E-state index contributed by atoms with van der Waals surface area (Å²) in [5.41, 5.74) is 3.03. The number of hydrogen-bond acceptors (Lipinski definition) is 6. The number of nitrogens with one attached hydrogen (secondary N) is 1. The van der Waals surface area contributed by atoms with Crippen LogP contribution in [-0.4, -0.2) is 65.2 Å². The van der Waals surface area contributed by atoms with E-state index in [9.17, 15) is 9.59 Å². The van der Waals surface area contributed by atoms with Gasteiger partial charge in [-0.05, 0) is 31.6 Å². The predicted octanol–water partition coefficient (Wildman–Crippen LogP) is 3.05. The zero-order valence-corrected chi connectivity index (χ0v) is 20.9. The summed E-state index contributed by atoms with van der Waals surface area (Å²) in [6.45, 7) is 2.89. The lowest BCUT2D eigenvalue weighted by Gasteiger charge is -2.26. The lowest BCUT2D eigenvalue weighted by atomic mass is 10.0. The summed E-state index contributed by atoms with van der Waals surface area (Å²) in [5.74, 6) is 0.697. The number of hydrogen-bond donors (Lipinski definition) is 1. The number of amides is 2. The fourth-order valence-electron chi connectivity index (χ4n) is 4.27. The molecule has 34 heavy (non-hydrogen) atoms. The Hall–Kier alpha value is -3.26. The number of nitrogens with zero attached hydrogens (tertiary/aromatic N) is 2. The molecule has 2 aromatic rings. The monoisotopic (exact) mass is 469 g/mol. The molecule has 1 aliphatic heterocycles. The third kappa shape index (κ3) is 5.44. The number of aryl methyl sites for hydroxylation is 1. The second-order valence-electron chi connectivity index (χ2n) is 8.61. The fraction of sp³-hybridized carbons (Fsp3) is 0.462. The number of methoxy groups -OCH3 is 3. The average Bonchev–Trinajstić information content (AvgIpc) is 3.24. The van der Waals surface area contributed by atoms with Crippen molar-refractivity contribution in [2.45, 2.75) is 25.8 Å². The van der Waals surface area contributed by atoms with Gasteiger partial charge in [-0.2, -0.15) is 0 Å². The zero-order valence-electron chi connectivity index (χ0n) is 20.9. The summed E-state index contributed by atoms with van der Waals surface area (Å²) >= 11 is 0. The molecule has 1 saturated heterocycles. The van der Waals surface area contributed by atoms with Gasteiger partial charge in [-0.25, -0.2) is 0 Å². The molecule has 0 aromatic heterocycles. The topological polar surface area (TPSA) is 80.3 Å². The summed E-state index contributed by atoms with van der Waals surface area (Å²) in [6, 6.07) is 12.0. The molecule has 2 amide bonds. The van der Waals surface area contributed by atoms with Crippen molar-refractivity contribution in [2.24, 2.45) is 5.92 Å². The van der Waals surface area contributed by atoms with Crippen molar-refractivity contribution in [3.63, 3.8) is 0 Å². The van der Waals surface area contributed by atoms with E-state index in [0.717, 1.165) is 12.0 Å². The van der Waals surface area contributed by atoms with Crippen LogP contribution in [0.1, 0.15) is 30.5 Å². The van der Waals surface area contributed by atoms with Crippen LogP contribution in [0.5, 0.6) is 17.2 Å². The Balaban J connectivity index is 1.70. The first-order chi connectivity index (χ1) is 16.3. The van der Waals surface area contributed by atoms with Crippen molar-refractivity contribution in [3.8, 4) is 17.2 Å². The summed E-state index contributed by atoms with van der Waals surface area (Å²) < 4.78 is 16.2. The Morgan fingerprint density at radius 3 is 2.21 bits per heavy atom. The average molecular weight is 470 g/mol. The van der Waals surface area contributed by atoms with Crippen LogP contribution < -0.4 is 24.4 Å². The largest absolute Gasteiger partial charge is 0.493 e. The standard InChI is InChI=1S/C26H35N3O5/c1-7-17-8-10-18(11-9-17)21(28(2)3)15-27-26(31)19-12-24(30)29(16-19)20-13-22(32-4)25(34-6)23(14-20)33-5/h8-11,13-14,19,21H,7,12,15-16H2,1-6H3,(H,27,31). The summed E-state index contributed by atoms with van der Waals surface area (Å²) in [4.78, 5) is 29.5. The van der Waals surface area contributed by atoms with Gasteiger partial charge in [-0.1, -0.05) is 31.2 Å². The molecular formula is C26H35N3O5. The van der Waals surface area contributed by atoms with Crippen LogP contribution in [-0.2, 0) is 16.0 Å². The molecule has 2 atom stereocenters. The molecule has 0 radical (unpaired) electrons. The molecule has 1 N–H and O–H groups in total. The lowest BCUT2D eigenvalue weighted by Crippen LogP contribution is -2.38. The number of carbonyl (C=O) groups is 2. The number of ether oxygens (including phenoxy) is 3. The van der Waals surface area contributed by atoms with Gasteiger partial charge in [-0.15, -0.1) is 0 Å². The first-order valence-electron chi connectivity index (χ1n) is 11.5. The van der Waals surface area contributed by atoms with Gasteiger partial charge in [-0.3, -0.25) is 9.59 Å². The summed E-state index contributed by atoms with van der Waals surface area (Å²) in [7, 11) is 8.58. The maximum Gasteiger partial charge on any atom is 0.227 e. The highest BCUT2D eigenvalue weighted by Crippen LogP contribution is 2.42. The molecule has 184 valence electrons. The predicted molar refractivity (Wildman–Crippen MR) is 132 cm³/mol. The number of likely N-dealkylation sites (N-methyl/N-ethyl adjacent to an activating group) is 1. The number of anilines is 1. The Morgan fingerprint density at radius 2 is 1.71 bits per heavy atom. The molecular weight excluding hydrogens is 434 g/mol. The van der Waals surface area contributed by atoms with E-state index in [1.165, 1.54) is 26.9 Å². The third-order valence-corrected chi connectivity index (χ3v) is 6.32. The van der Waals surface area contributed by atoms with Gasteiger partial charge in [0.15, 0.2) is 11.5 Å². The van der Waals surface area contributed by atoms with Crippen molar-refractivity contribution in [1.29, 1.82) is 0 Å². The maximum absolute atomic E-state index is 13.0. The molecule has 0 saturated carbocycles. The fourth-order valence-corrected chi connectivity index (χ4v) is 4.27. The number of carbonyl (C=O) groups excluding carboxylic acids is 2. The third-order valence-electron chi connectivity index (χ3n) is 6.32. The summed E-state index contributed by atoms with van der Waals surface area (Å²) in [5, 5.41) is 3.06. The minimum absolute atomic E-state index is 0.0400. The zero-order chi connectivity index (χ0) is 24.8. The van der Waals surface area contributed by atoms with Crippen LogP contribution in [0.2, 0.25) is 0 Å². The van der Waals surface area contributed by atoms with Crippen LogP contribution in [0.15, 0.2) is 36.4 Å².